The largest absolute Gasteiger partial charge is 0.493 e. The maximum atomic E-state index is 5.81. The summed E-state index contributed by atoms with van der Waals surface area (Å²) in [5.74, 6) is 2.44. The van der Waals surface area contributed by atoms with E-state index in [2.05, 4.69) is 5.16 Å². The average molecular weight is 260 g/mol. The minimum absolute atomic E-state index is 0.297. The molecule has 3 rings (SSSR count). The monoisotopic (exact) mass is 260 g/mol. The van der Waals surface area contributed by atoms with Gasteiger partial charge in [-0.25, -0.2) is 0 Å². The van der Waals surface area contributed by atoms with Gasteiger partial charge < -0.3 is 19.7 Å². The Hall–Kier alpha value is -2.17. The molecule has 1 aromatic carbocycles. The van der Waals surface area contributed by atoms with Crippen molar-refractivity contribution in [2.75, 3.05) is 19.5 Å². The Morgan fingerprint density at radius 1 is 1.32 bits per heavy atom. The molecule has 19 heavy (non-hydrogen) atoms. The summed E-state index contributed by atoms with van der Waals surface area (Å²) in [5.41, 5.74) is 7.12. The van der Waals surface area contributed by atoms with Crippen molar-refractivity contribution in [3.8, 4) is 22.8 Å². The highest BCUT2D eigenvalue weighted by Crippen LogP contribution is 2.35. The fourth-order valence-electron chi connectivity index (χ4n) is 1.87. The van der Waals surface area contributed by atoms with Gasteiger partial charge in [0.15, 0.2) is 11.5 Å². The number of hydrogen-bond donors (Lipinski definition) is 1. The standard InChI is InChI=1S/C14H16N2O3/c1-17-12-5-4-10(11-7-14(15)19-16-11)6-13(12)18-8-9-2-3-9/h4-7,9H,2-3,8,15H2,1H3. The normalized spacial score (nSPS) is 14.4. The summed E-state index contributed by atoms with van der Waals surface area (Å²) in [6, 6.07) is 7.35. The first-order valence-electron chi connectivity index (χ1n) is 6.29. The highest BCUT2D eigenvalue weighted by molar-refractivity contribution is 5.65. The van der Waals surface area contributed by atoms with Crippen LogP contribution in [0, 0.1) is 5.92 Å². The first-order valence-corrected chi connectivity index (χ1v) is 6.29. The Morgan fingerprint density at radius 3 is 2.79 bits per heavy atom. The summed E-state index contributed by atoms with van der Waals surface area (Å²) < 4.78 is 16.0. The molecule has 0 atom stereocenters. The van der Waals surface area contributed by atoms with Crippen LogP contribution in [0.3, 0.4) is 0 Å². The topological polar surface area (TPSA) is 70.5 Å². The van der Waals surface area contributed by atoms with Crippen molar-refractivity contribution in [1.82, 2.24) is 5.16 Å². The zero-order chi connectivity index (χ0) is 13.2. The lowest BCUT2D eigenvalue weighted by Crippen LogP contribution is -2.01. The van der Waals surface area contributed by atoms with Gasteiger partial charge >= 0.3 is 0 Å². The van der Waals surface area contributed by atoms with Crippen LogP contribution in [0.4, 0.5) is 5.88 Å². The third-order valence-corrected chi connectivity index (χ3v) is 3.16. The molecule has 0 aliphatic heterocycles. The number of nitrogens with two attached hydrogens (primary N) is 1. The van der Waals surface area contributed by atoms with E-state index in [1.54, 1.807) is 13.2 Å². The van der Waals surface area contributed by atoms with Crippen molar-refractivity contribution in [2.24, 2.45) is 5.92 Å². The Balaban J connectivity index is 1.86. The predicted molar refractivity (Wildman–Crippen MR) is 71.1 cm³/mol. The van der Waals surface area contributed by atoms with Crippen molar-refractivity contribution in [1.29, 1.82) is 0 Å². The van der Waals surface area contributed by atoms with Crippen LogP contribution in [0.1, 0.15) is 12.8 Å². The van der Waals surface area contributed by atoms with E-state index in [0.29, 0.717) is 17.5 Å². The van der Waals surface area contributed by atoms with Gasteiger partial charge in [0.25, 0.3) is 0 Å². The molecule has 5 heteroatoms. The van der Waals surface area contributed by atoms with Crippen LogP contribution in [0.25, 0.3) is 11.3 Å². The lowest BCUT2D eigenvalue weighted by molar-refractivity contribution is 0.280. The first-order chi connectivity index (χ1) is 9.26. The number of methoxy groups -OCH3 is 1. The summed E-state index contributed by atoms with van der Waals surface area (Å²) in [4.78, 5) is 0. The molecule has 2 N–H and O–H groups in total. The maximum absolute atomic E-state index is 5.81. The molecule has 0 spiro atoms. The molecule has 1 saturated carbocycles. The lowest BCUT2D eigenvalue weighted by atomic mass is 10.1. The maximum Gasteiger partial charge on any atom is 0.222 e. The van der Waals surface area contributed by atoms with Crippen molar-refractivity contribution in [3.05, 3.63) is 24.3 Å². The molecule has 0 amide bonds. The average Bonchev–Trinajstić information content (AvgIpc) is 3.16. The van der Waals surface area contributed by atoms with E-state index in [-0.39, 0.29) is 0 Å². The summed E-state index contributed by atoms with van der Waals surface area (Å²) >= 11 is 0. The Morgan fingerprint density at radius 2 is 2.16 bits per heavy atom. The van der Waals surface area contributed by atoms with Crippen LogP contribution in [0.2, 0.25) is 0 Å². The number of rotatable bonds is 5. The second-order valence-corrected chi connectivity index (χ2v) is 4.73. The van der Waals surface area contributed by atoms with Crippen LogP contribution in [0.5, 0.6) is 11.5 Å². The first kappa shape index (κ1) is 11.9. The van der Waals surface area contributed by atoms with E-state index in [9.17, 15) is 0 Å². The third-order valence-electron chi connectivity index (χ3n) is 3.16. The fourth-order valence-corrected chi connectivity index (χ4v) is 1.87. The van der Waals surface area contributed by atoms with Gasteiger partial charge in [-0.2, -0.15) is 0 Å². The SMILES string of the molecule is COc1ccc(-c2cc(N)on2)cc1OCC1CC1. The van der Waals surface area contributed by atoms with Gasteiger partial charge in [0.2, 0.25) is 5.88 Å². The van der Waals surface area contributed by atoms with Crippen LogP contribution in [-0.4, -0.2) is 18.9 Å². The van der Waals surface area contributed by atoms with Crippen LogP contribution < -0.4 is 15.2 Å². The quantitative estimate of drug-likeness (QED) is 0.895. The predicted octanol–water partition coefficient (Wildman–Crippen LogP) is 2.72. The van der Waals surface area contributed by atoms with E-state index in [0.717, 1.165) is 23.7 Å². The molecule has 2 aromatic rings. The molecule has 1 aliphatic rings. The number of benzene rings is 1. The second kappa shape index (κ2) is 4.84. The molecule has 0 saturated heterocycles. The number of hydrogen-bond acceptors (Lipinski definition) is 5. The molecule has 0 bridgehead atoms. The van der Waals surface area contributed by atoms with Crippen molar-refractivity contribution >= 4 is 5.88 Å². The second-order valence-electron chi connectivity index (χ2n) is 4.73. The molecule has 5 nitrogen and oxygen atoms in total. The van der Waals surface area contributed by atoms with Crippen molar-refractivity contribution in [3.63, 3.8) is 0 Å². The zero-order valence-electron chi connectivity index (χ0n) is 10.8. The minimum atomic E-state index is 0.297. The molecular formula is C14H16N2O3. The van der Waals surface area contributed by atoms with E-state index >= 15 is 0 Å². The molecule has 100 valence electrons. The summed E-state index contributed by atoms with van der Waals surface area (Å²) in [6.45, 7) is 0.737. The molecule has 0 radical (unpaired) electrons. The Kier molecular flexibility index (Phi) is 3.03. The fraction of sp³-hybridized carbons (Fsp3) is 0.357. The smallest absolute Gasteiger partial charge is 0.222 e. The number of anilines is 1. The molecule has 1 fully saturated rings. The highest BCUT2D eigenvalue weighted by Gasteiger charge is 2.22. The Bertz CT molecular complexity index is 576. The molecule has 1 heterocycles. The van der Waals surface area contributed by atoms with E-state index in [1.807, 2.05) is 18.2 Å². The molecular weight excluding hydrogens is 244 g/mol. The highest BCUT2D eigenvalue weighted by atomic mass is 16.5. The van der Waals surface area contributed by atoms with Crippen LogP contribution in [0.15, 0.2) is 28.8 Å². The minimum Gasteiger partial charge on any atom is -0.493 e. The molecule has 1 aromatic heterocycles. The Labute approximate surface area is 111 Å². The van der Waals surface area contributed by atoms with E-state index in [1.165, 1.54) is 12.8 Å². The van der Waals surface area contributed by atoms with Crippen LogP contribution in [-0.2, 0) is 0 Å². The molecule has 1 aliphatic carbocycles. The summed E-state index contributed by atoms with van der Waals surface area (Å²) in [5, 5.41) is 3.89. The van der Waals surface area contributed by atoms with Gasteiger partial charge in [0.05, 0.1) is 13.7 Å². The number of nitrogens with zero attached hydrogens (tertiary/aromatic N) is 1. The van der Waals surface area contributed by atoms with Gasteiger partial charge in [-0.1, -0.05) is 5.16 Å². The van der Waals surface area contributed by atoms with E-state index in [4.69, 9.17) is 19.7 Å². The summed E-state index contributed by atoms with van der Waals surface area (Å²) in [6.07, 6.45) is 2.50. The van der Waals surface area contributed by atoms with Crippen LogP contribution >= 0.6 is 0 Å². The number of ether oxygens (including phenoxy) is 2. The lowest BCUT2D eigenvalue weighted by Gasteiger charge is -2.11. The number of aromatic nitrogens is 1. The summed E-state index contributed by atoms with van der Waals surface area (Å²) in [7, 11) is 1.63. The van der Waals surface area contributed by atoms with Gasteiger partial charge in [0, 0.05) is 11.6 Å². The third kappa shape index (κ3) is 2.65. The van der Waals surface area contributed by atoms with Gasteiger partial charge in [-0.15, -0.1) is 0 Å². The van der Waals surface area contributed by atoms with Gasteiger partial charge in [-0.3, -0.25) is 0 Å². The van der Waals surface area contributed by atoms with Crippen molar-refractivity contribution in [2.45, 2.75) is 12.8 Å². The van der Waals surface area contributed by atoms with Gasteiger partial charge in [-0.05, 0) is 37.0 Å². The zero-order valence-corrected chi connectivity index (χ0v) is 10.8. The molecule has 0 unspecified atom stereocenters. The van der Waals surface area contributed by atoms with Crippen molar-refractivity contribution < 1.29 is 14.0 Å². The van der Waals surface area contributed by atoms with Gasteiger partial charge in [0.1, 0.15) is 5.69 Å². The number of nitrogen functional groups attached to an aromatic ring is 1. The van der Waals surface area contributed by atoms with E-state index < -0.39 is 0 Å².